The van der Waals surface area contributed by atoms with Crippen molar-refractivity contribution in [2.24, 2.45) is 0 Å². The first kappa shape index (κ1) is 13.0. The van der Waals surface area contributed by atoms with Gasteiger partial charge in [0.05, 0.1) is 19.3 Å². The fourth-order valence-electron chi connectivity index (χ4n) is 1.29. The molecule has 1 aromatic carbocycles. The van der Waals surface area contributed by atoms with Crippen molar-refractivity contribution in [3.05, 3.63) is 29.8 Å². The third-order valence-electron chi connectivity index (χ3n) is 2.20. The van der Waals surface area contributed by atoms with Crippen LogP contribution in [0.5, 0.6) is 0 Å². The summed E-state index contributed by atoms with van der Waals surface area (Å²) in [6.07, 6.45) is -0.463. The van der Waals surface area contributed by atoms with Crippen molar-refractivity contribution in [1.82, 2.24) is 0 Å². The number of methoxy groups -OCH3 is 1. The second-order valence-electron chi connectivity index (χ2n) is 3.30. The van der Waals surface area contributed by atoms with Crippen molar-refractivity contribution in [2.75, 3.05) is 25.7 Å². The zero-order valence-electron chi connectivity index (χ0n) is 10.1. The first-order valence-electron chi connectivity index (χ1n) is 5.19. The van der Waals surface area contributed by atoms with E-state index in [1.54, 1.807) is 38.2 Å². The highest BCUT2D eigenvalue weighted by molar-refractivity contribution is 5.93. The zero-order valence-corrected chi connectivity index (χ0v) is 10.1. The molecular formula is C12H15NO4. The van der Waals surface area contributed by atoms with Crippen molar-refractivity contribution in [1.29, 1.82) is 0 Å². The molecule has 0 aromatic heterocycles. The Labute approximate surface area is 99.9 Å². The fourth-order valence-corrected chi connectivity index (χ4v) is 1.29. The van der Waals surface area contributed by atoms with E-state index in [1.807, 2.05) is 0 Å². The molecule has 17 heavy (non-hydrogen) atoms. The van der Waals surface area contributed by atoms with Gasteiger partial charge in [-0.2, -0.15) is 0 Å². The Morgan fingerprint density at radius 1 is 1.35 bits per heavy atom. The molecule has 92 valence electrons. The molecule has 0 N–H and O–H groups in total. The summed E-state index contributed by atoms with van der Waals surface area (Å²) in [5.41, 5.74) is 0.965. The van der Waals surface area contributed by atoms with Crippen molar-refractivity contribution < 1.29 is 19.1 Å². The van der Waals surface area contributed by atoms with Gasteiger partial charge in [-0.25, -0.2) is 9.59 Å². The number of nitrogens with zero attached hydrogens (tertiary/aromatic N) is 1. The molecule has 0 saturated heterocycles. The molecule has 0 radical (unpaired) electrons. The molecule has 0 bridgehead atoms. The Morgan fingerprint density at radius 3 is 2.65 bits per heavy atom. The average Bonchev–Trinajstić information content (AvgIpc) is 2.37. The van der Waals surface area contributed by atoms with Crippen LogP contribution in [-0.4, -0.2) is 32.8 Å². The number of anilines is 1. The molecule has 5 heteroatoms. The van der Waals surface area contributed by atoms with Gasteiger partial charge in [-0.05, 0) is 25.1 Å². The second-order valence-corrected chi connectivity index (χ2v) is 3.30. The lowest BCUT2D eigenvalue weighted by Gasteiger charge is -2.16. The molecule has 5 nitrogen and oxygen atoms in total. The maximum atomic E-state index is 11.5. The summed E-state index contributed by atoms with van der Waals surface area (Å²) in [5.74, 6) is -0.441. The van der Waals surface area contributed by atoms with E-state index in [1.165, 1.54) is 12.0 Å². The molecule has 1 amide bonds. The van der Waals surface area contributed by atoms with Crippen LogP contribution in [0.3, 0.4) is 0 Å². The summed E-state index contributed by atoms with van der Waals surface area (Å²) >= 11 is 0. The number of esters is 1. The number of hydrogen-bond donors (Lipinski definition) is 0. The van der Waals surface area contributed by atoms with Gasteiger partial charge in [-0.15, -0.1) is 0 Å². The summed E-state index contributed by atoms with van der Waals surface area (Å²) < 4.78 is 9.46. The highest BCUT2D eigenvalue weighted by Gasteiger charge is 2.13. The minimum absolute atomic E-state index is 0.305. The lowest BCUT2D eigenvalue weighted by Crippen LogP contribution is -2.27. The summed E-state index contributed by atoms with van der Waals surface area (Å²) in [5, 5.41) is 0. The largest absolute Gasteiger partial charge is 0.465 e. The lowest BCUT2D eigenvalue weighted by atomic mass is 10.2. The predicted molar refractivity (Wildman–Crippen MR) is 63.2 cm³/mol. The Balaban J connectivity index is 2.91. The predicted octanol–water partition coefficient (Wildman–Crippen LogP) is 2.07. The number of benzene rings is 1. The molecule has 0 spiro atoms. The number of carbonyl (C=O) groups excluding carboxylic acids is 2. The van der Waals surface area contributed by atoms with Crippen molar-refractivity contribution >= 4 is 17.7 Å². The molecule has 0 saturated carbocycles. The van der Waals surface area contributed by atoms with E-state index in [4.69, 9.17) is 4.74 Å². The van der Waals surface area contributed by atoms with E-state index in [0.29, 0.717) is 17.9 Å². The van der Waals surface area contributed by atoms with E-state index in [0.717, 1.165) is 0 Å². The lowest BCUT2D eigenvalue weighted by molar-refractivity contribution is 0.0600. The Kier molecular flexibility index (Phi) is 4.51. The van der Waals surface area contributed by atoms with E-state index in [9.17, 15) is 9.59 Å². The number of rotatable bonds is 3. The third kappa shape index (κ3) is 3.21. The van der Waals surface area contributed by atoms with E-state index < -0.39 is 12.1 Å². The Hall–Kier alpha value is -2.04. The van der Waals surface area contributed by atoms with Crippen LogP contribution >= 0.6 is 0 Å². The van der Waals surface area contributed by atoms with Crippen LogP contribution in [0.4, 0.5) is 10.5 Å². The molecule has 0 fully saturated rings. The van der Waals surface area contributed by atoms with Gasteiger partial charge in [-0.1, -0.05) is 6.07 Å². The quantitative estimate of drug-likeness (QED) is 0.755. The van der Waals surface area contributed by atoms with E-state index in [2.05, 4.69) is 4.74 Å². The van der Waals surface area contributed by atoms with Gasteiger partial charge in [0.15, 0.2) is 0 Å². The molecule has 0 atom stereocenters. The highest BCUT2D eigenvalue weighted by Crippen LogP contribution is 2.16. The Morgan fingerprint density at radius 2 is 2.06 bits per heavy atom. The molecule has 0 aliphatic heterocycles. The van der Waals surface area contributed by atoms with E-state index in [-0.39, 0.29) is 0 Å². The molecule has 0 unspecified atom stereocenters. The molecular weight excluding hydrogens is 222 g/mol. The molecule has 0 aliphatic carbocycles. The van der Waals surface area contributed by atoms with Gasteiger partial charge in [-0.3, -0.25) is 4.90 Å². The summed E-state index contributed by atoms with van der Waals surface area (Å²) in [6.45, 7) is 2.04. The fraction of sp³-hybridized carbons (Fsp3) is 0.333. The SMILES string of the molecule is CCOC(=O)N(C)c1cccc(C(=O)OC)c1. The minimum Gasteiger partial charge on any atom is -0.465 e. The minimum atomic E-state index is -0.463. The number of ether oxygens (including phenoxy) is 2. The first-order valence-corrected chi connectivity index (χ1v) is 5.19. The monoisotopic (exact) mass is 237 g/mol. The van der Waals surface area contributed by atoms with E-state index >= 15 is 0 Å². The van der Waals surface area contributed by atoms with Crippen LogP contribution in [0.15, 0.2) is 24.3 Å². The van der Waals surface area contributed by atoms with Crippen molar-refractivity contribution in [2.45, 2.75) is 6.92 Å². The van der Waals surface area contributed by atoms with Gasteiger partial charge in [0.25, 0.3) is 0 Å². The maximum absolute atomic E-state index is 11.5. The van der Waals surface area contributed by atoms with Crippen molar-refractivity contribution in [3.63, 3.8) is 0 Å². The summed E-state index contributed by atoms with van der Waals surface area (Å²) in [6, 6.07) is 6.58. The third-order valence-corrected chi connectivity index (χ3v) is 2.20. The molecule has 0 aliphatic rings. The van der Waals surface area contributed by atoms with Crippen LogP contribution in [0, 0.1) is 0 Å². The topological polar surface area (TPSA) is 55.8 Å². The van der Waals surface area contributed by atoms with Gasteiger partial charge < -0.3 is 9.47 Å². The summed E-state index contributed by atoms with van der Waals surface area (Å²) in [7, 11) is 2.89. The standard InChI is InChI=1S/C12H15NO4/c1-4-17-12(15)13(2)10-7-5-6-9(8-10)11(14)16-3/h5-8H,4H2,1-3H3. The van der Waals surface area contributed by atoms with Gasteiger partial charge >= 0.3 is 12.1 Å². The number of amides is 1. The maximum Gasteiger partial charge on any atom is 0.413 e. The van der Waals surface area contributed by atoms with Gasteiger partial charge in [0.2, 0.25) is 0 Å². The highest BCUT2D eigenvalue weighted by atomic mass is 16.6. The Bertz CT molecular complexity index is 417. The van der Waals surface area contributed by atoms with Gasteiger partial charge in [0, 0.05) is 12.7 Å². The molecule has 1 aromatic rings. The van der Waals surface area contributed by atoms with Crippen LogP contribution in [0.25, 0.3) is 0 Å². The average molecular weight is 237 g/mol. The van der Waals surface area contributed by atoms with Crippen LogP contribution in [-0.2, 0) is 9.47 Å². The number of hydrogen-bond acceptors (Lipinski definition) is 4. The van der Waals surface area contributed by atoms with Crippen LogP contribution in [0.2, 0.25) is 0 Å². The smallest absolute Gasteiger partial charge is 0.413 e. The van der Waals surface area contributed by atoms with Gasteiger partial charge in [0.1, 0.15) is 0 Å². The molecule has 0 heterocycles. The zero-order chi connectivity index (χ0) is 12.8. The molecule has 1 rings (SSSR count). The van der Waals surface area contributed by atoms with Crippen LogP contribution < -0.4 is 4.90 Å². The normalized spacial score (nSPS) is 9.59. The number of carbonyl (C=O) groups is 2. The summed E-state index contributed by atoms with van der Waals surface area (Å²) in [4.78, 5) is 24.1. The second kappa shape index (κ2) is 5.89. The van der Waals surface area contributed by atoms with Crippen LogP contribution in [0.1, 0.15) is 17.3 Å². The van der Waals surface area contributed by atoms with Crippen molar-refractivity contribution in [3.8, 4) is 0 Å². The first-order chi connectivity index (χ1) is 8.10.